The van der Waals surface area contributed by atoms with Crippen molar-refractivity contribution in [2.75, 3.05) is 5.32 Å². The quantitative estimate of drug-likeness (QED) is 0.910. The number of hydrogen-bond acceptors (Lipinski definition) is 3. The first-order valence-electron chi connectivity index (χ1n) is 5.22. The van der Waals surface area contributed by atoms with Crippen molar-refractivity contribution < 1.29 is 18.0 Å². The van der Waals surface area contributed by atoms with Crippen LogP contribution in [0.3, 0.4) is 0 Å². The molecule has 0 aliphatic heterocycles. The molecule has 1 N–H and O–H groups in total. The van der Waals surface area contributed by atoms with E-state index in [4.69, 9.17) is 0 Å². The third-order valence-corrected chi connectivity index (χ3v) is 2.30. The van der Waals surface area contributed by atoms with Gasteiger partial charge in [-0.3, -0.25) is 4.79 Å². The molecule has 1 aromatic heterocycles. The van der Waals surface area contributed by atoms with E-state index in [1.54, 1.807) is 0 Å². The number of carbonyl (C=O) groups is 1. The molecule has 1 heterocycles. The van der Waals surface area contributed by atoms with Gasteiger partial charge in [-0.2, -0.15) is 13.2 Å². The Labute approximate surface area is 106 Å². The summed E-state index contributed by atoms with van der Waals surface area (Å²) in [6.07, 6.45) is -2.02. The summed E-state index contributed by atoms with van der Waals surface area (Å²) < 4.78 is 38.2. The molecule has 2 aromatic rings. The Kier molecular flexibility index (Phi) is 3.46. The molecular weight excluding hydrogens is 259 g/mol. The maximum absolute atomic E-state index is 12.7. The van der Waals surface area contributed by atoms with Gasteiger partial charge in [0.15, 0.2) is 0 Å². The van der Waals surface area contributed by atoms with Gasteiger partial charge in [-0.05, 0) is 18.2 Å². The molecule has 0 aliphatic rings. The summed E-state index contributed by atoms with van der Waals surface area (Å²) in [6, 6.07) is 5.94. The Bertz CT molecular complexity index is 584. The van der Waals surface area contributed by atoms with Crippen LogP contribution in [0.4, 0.5) is 19.0 Å². The number of alkyl halides is 3. The minimum atomic E-state index is -4.58. The zero-order chi connectivity index (χ0) is 13.9. The van der Waals surface area contributed by atoms with E-state index < -0.39 is 23.2 Å². The second-order valence-corrected chi connectivity index (χ2v) is 3.59. The maximum atomic E-state index is 12.7. The summed E-state index contributed by atoms with van der Waals surface area (Å²) in [6.45, 7) is 0. The van der Waals surface area contributed by atoms with Gasteiger partial charge in [-0.1, -0.05) is 12.1 Å². The smallest absolute Gasteiger partial charge is 0.306 e. The van der Waals surface area contributed by atoms with Gasteiger partial charge in [0, 0.05) is 6.20 Å². The van der Waals surface area contributed by atoms with Gasteiger partial charge in [-0.15, -0.1) is 0 Å². The van der Waals surface area contributed by atoms with Gasteiger partial charge < -0.3 is 5.32 Å². The highest BCUT2D eigenvalue weighted by atomic mass is 19.4. The molecule has 19 heavy (non-hydrogen) atoms. The van der Waals surface area contributed by atoms with Crippen molar-refractivity contribution in [2.24, 2.45) is 0 Å². The molecule has 0 fully saturated rings. The number of hydrogen-bond donors (Lipinski definition) is 1. The fourth-order valence-corrected chi connectivity index (χ4v) is 1.48. The van der Waals surface area contributed by atoms with Crippen LogP contribution in [-0.4, -0.2) is 15.9 Å². The molecular formula is C12H8F3N3O. The van der Waals surface area contributed by atoms with Gasteiger partial charge >= 0.3 is 6.18 Å². The monoisotopic (exact) mass is 267 g/mol. The summed E-state index contributed by atoms with van der Waals surface area (Å²) in [7, 11) is 0. The molecule has 2 rings (SSSR count). The molecule has 0 spiro atoms. The van der Waals surface area contributed by atoms with Gasteiger partial charge in [0.05, 0.1) is 11.1 Å². The number of halogens is 3. The average Bonchev–Trinajstić information content (AvgIpc) is 2.39. The van der Waals surface area contributed by atoms with Gasteiger partial charge in [0.2, 0.25) is 0 Å². The molecule has 4 nitrogen and oxygen atoms in total. The molecule has 1 amide bonds. The van der Waals surface area contributed by atoms with Crippen LogP contribution in [0.5, 0.6) is 0 Å². The molecule has 0 saturated heterocycles. The van der Waals surface area contributed by atoms with Crippen LogP contribution in [0.2, 0.25) is 0 Å². The third kappa shape index (κ3) is 3.06. The van der Waals surface area contributed by atoms with Crippen LogP contribution in [0.1, 0.15) is 15.9 Å². The summed E-state index contributed by atoms with van der Waals surface area (Å²) in [4.78, 5) is 19.2. The summed E-state index contributed by atoms with van der Waals surface area (Å²) in [5, 5.41) is 2.28. The van der Waals surface area contributed by atoms with Crippen molar-refractivity contribution in [2.45, 2.75) is 6.18 Å². The van der Waals surface area contributed by atoms with Crippen molar-refractivity contribution >= 4 is 11.7 Å². The fraction of sp³-hybridized carbons (Fsp3) is 0.0833. The largest absolute Gasteiger partial charge is 0.417 e. The fourth-order valence-electron chi connectivity index (χ4n) is 1.48. The summed E-state index contributed by atoms with van der Waals surface area (Å²) >= 11 is 0. The van der Waals surface area contributed by atoms with E-state index in [1.807, 2.05) is 0 Å². The lowest BCUT2D eigenvalue weighted by molar-refractivity contribution is -0.137. The average molecular weight is 267 g/mol. The second kappa shape index (κ2) is 5.05. The zero-order valence-corrected chi connectivity index (χ0v) is 9.48. The first-order chi connectivity index (χ1) is 8.98. The number of nitrogens with one attached hydrogen (secondary N) is 1. The number of amides is 1. The first kappa shape index (κ1) is 13.0. The molecule has 0 atom stereocenters. The summed E-state index contributed by atoms with van der Waals surface area (Å²) in [5.41, 5.74) is -1.44. The molecule has 7 heteroatoms. The van der Waals surface area contributed by atoms with E-state index in [0.29, 0.717) is 0 Å². The lowest BCUT2D eigenvalue weighted by Gasteiger charge is -2.12. The molecule has 0 unspecified atom stereocenters. The van der Waals surface area contributed by atoms with Crippen molar-refractivity contribution in [3.8, 4) is 0 Å². The highest BCUT2D eigenvalue weighted by molar-refractivity contribution is 6.04. The molecule has 0 radical (unpaired) electrons. The van der Waals surface area contributed by atoms with Crippen molar-refractivity contribution in [3.63, 3.8) is 0 Å². The highest BCUT2D eigenvalue weighted by Gasteiger charge is 2.34. The Balaban J connectivity index is 2.30. The molecule has 0 saturated carbocycles. The zero-order valence-electron chi connectivity index (χ0n) is 9.48. The summed E-state index contributed by atoms with van der Waals surface area (Å²) in [5.74, 6) is -0.733. The van der Waals surface area contributed by atoms with Crippen LogP contribution in [-0.2, 0) is 6.18 Å². The Morgan fingerprint density at radius 2 is 1.89 bits per heavy atom. The predicted molar refractivity (Wildman–Crippen MR) is 61.4 cm³/mol. The number of nitrogens with zero attached hydrogens (tertiary/aromatic N) is 2. The first-order valence-corrected chi connectivity index (χ1v) is 5.22. The molecule has 0 aliphatic carbocycles. The van der Waals surface area contributed by atoms with E-state index in [-0.39, 0.29) is 5.82 Å². The maximum Gasteiger partial charge on any atom is 0.417 e. The third-order valence-electron chi connectivity index (χ3n) is 2.30. The predicted octanol–water partition coefficient (Wildman–Crippen LogP) is 2.75. The van der Waals surface area contributed by atoms with Crippen molar-refractivity contribution in [1.29, 1.82) is 0 Å². The molecule has 0 bridgehead atoms. The standard InChI is InChI=1S/C12H8F3N3O/c13-12(14,15)9-4-2-1-3-8(9)11(19)18-10-5-6-16-7-17-10/h1-7H,(H,16,17,18,19). The number of rotatable bonds is 2. The van der Waals surface area contributed by atoms with Crippen LogP contribution in [0.25, 0.3) is 0 Å². The Morgan fingerprint density at radius 3 is 2.53 bits per heavy atom. The molecule has 98 valence electrons. The lowest BCUT2D eigenvalue weighted by atomic mass is 10.1. The van der Waals surface area contributed by atoms with E-state index >= 15 is 0 Å². The van der Waals surface area contributed by atoms with Crippen LogP contribution >= 0.6 is 0 Å². The van der Waals surface area contributed by atoms with Crippen molar-refractivity contribution in [1.82, 2.24) is 9.97 Å². The number of anilines is 1. The number of carbonyl (C=O) groups excluding carboxylic acids is 1. The highest BCUT2D eigenvalue weighted by Crippen LogP contribution is 2.32. The minimum Gasteiger partial charge on any atom is -0.306 e. The van der Waals surface area contributed by atoms with Crippen molar-refractivity contribution in [3.05, 3.63) is 54.0 Å². The Hall–Kier alpha value is -2.44. The van der Waals surface area contributed by atoms with Crippen LogP contribution in [0, 0.1) is 0 Å². The topological polar surface area (TPSA) is 54.9 Å². The lowest BCUT2D eigenvalue weighted by Crippen LogP contribution is -2.19. The van der Waals surface area contributed by atoms with E-state index in [2.05, 4.69) is 15.3 Å². The second-order valence-electron chi connectivity index (χ2n) is 3.59. The van der Waals surface area contributed by atoms with E-state index in [9.17, 15) is 18.0 Å². The normalized spacial score (nSPS) is 11.1. The van der Waals surface area contributed by atoms with Gasteiger partial charge in [0.25, 0.3) is 5.91 Å². The van der Waals surface area contributed by atoms with E-state index in [1.165, 1.54) is 30.7 Å². The molecule has 1 aromatic carbocycles. The van der Waals surface area contributed by atoms with Gasteiger partial charge in [-0.25, -0.2) is 9.97 Å². The minimum absolute atomic E-state index is 0.136. The van der Waals surface area contributed by atoms with E-state index in [0.717, 1.165) is 12.1 Å². The van der Waals surface area contributed by atoms with Crippen LogP contribution in [0.15, 0.2) is 42.9 Å². The van der Waals surface area contributed by atoms with Gasteiger partial charge in [0.1, 0.15) is 12.1 Å². The van der Waals surface area contributed by atoms with Crippen LogP contribution < -0.4 is 5.32 Å². The number of benzene rings is 1. The SMILES string of the molecule is O=C(Nc1ccncn1)c1ccccc1C(F)(F)F. The number of aromatic nitrogens is 2. The Morgan fingerprint density at radius 1 is 1.16 bits per heavy atom.